The van der Waals surface area contributed by atoms with Gasteiger partial charge in [0, 0.05) is 22.7 Å². The van der Waals surface area contributed by atoms with E-state index in [0.29, 0.717) is 6.42 Å². The Morgan fingerprint density at radius 3 is 2.89 bits per heavy atom. The van der Waals surface area contributed by atoms with Crippen molar-refractivity contribution >= 4 is 29.0 Å². The number of benzene rings is 1. The maximum absolute atomic E-state index is 11.3. The van der Waals surface area contributed by atoms with Crippen molar-refractivity contribution in [3.8, 4) is 0 Å². The maximum atomic E-state index is 11.3. The van der Waals surface area contributed by atoms with Crippen molar-refractivity contribution in [3.63, 3.8) is 0 Å². The van der Waals surface area contributed by atoms with E-state index in [4.69, 9.17) is 5.73 Å². The summed E-state index contributed by atoms with van der Waals surface area (Å²) < 4.78 is 0. The Balaban J connectivity index is 2.10. The van der Waals surface area contributed by atoms with Gasteiger partial charge in [-0.3, -0.25) is 4.79 Å². The molecule has 1 aliphatic heterocycles. The number of hydrogen-bond donors (Lipinski definition) is 2. The molecule has 0 fully saturated rings. The first-order valence-electron chi connectivity index (χ1n) is 6.41. The van der Waals surface area contributed by atoms with Crippen LogP contribution in [0, 0.1) is 5.92 Å². The summed E-state index contributed by atoms with van der Waals surface area (Å²) >= 11 is 1.81. The summed E-state index contributed by atoms with van der Waals surface area (Å²) in [5.74, 6) is 1.89. The van der Waals surface area contributed by atoms with E-state index in [1.807, 2.05) is 17.8 Å². The third kappa shape index (κ3) is 3.19. The Kier molecular flexibility index (Phi) is 4.17. The molecule has 0 aliphatic carbocycles. The van der Waals surface area contributed by atoms with E-state index < -0.39 is 0 Å². The maximum Gasteiger partial charge on any atom is 0.224 e. The van der Waals surface area contributed by atoms with Gasteiger partial charge in [-0.2, -0.15) is 0 Å². The fraction of sp³-hybridized carbons (Fsp3) is 0.500. The molecule has 18 heavy (non-hydrogen) atoms. The topological polar surface area (TPSA) is 55.1 Å². The van der Waals surface area contributed by atoms with Crippen LogP contribution in [0.2, 0.25) is 0 Å². The minimum absolute atomic E-state index is 0.0853. The molecule has 1 heterocycles. The van der Waals surface area contributed by atoms with Gasteiger partial charge in [-0.25, -0.2) is 0 Å². The van der Waals surface area contributed by atoms with E-state index in [0.717, 1.165) is 34.4 Å². The number of hydrogen-bond acceptors (Lipinski definition) is 3. The molecule has 1 aromatic carbocycles. The van der Waals surface area contributed by atoms with Gasteiger partial charge in [0.2, 0.25) is 5.91 Å². The first-order chi connectivity index (χ1) is 8.56. The second-order valence-corrected chi connectivity index (χ2v) is 6.26. The highest BCUT2D eigenvalue weighted by Crippen LogP contribution is 2.34. The van der Waals surface area contributed by atoms with Gasteiger partial charge in [0.1, 0.15) is 0 Å². The fourth-order valence-corrected chi connectivity index (χ4v) is 3.21. The SMILES string of the molecule is CC(C)CCSc1cc2c(cc1N)NC(=O)CC2. The van der Waals surface area contributed by atoms with Gasteiger partial charge in [-0.15, -0.1) is 11.8 Å². The van der Waals surface area contributed by atoms with Crippen molar-refractivity contribution in [3.05, 3.63) is 17.7 Å². The Bertz CT molecular complexity index is 457. The van der Waals surface area contributed by atoms with E-state index in [1.54, 1.807) is 0 Å². The average Bonchev–Trinajstić information content (AvgIpc) is 2.29. The molecule has 0 saturated carbocycles. The predicted octanol–water partition coefficient (Wildman–Crippen LogP) is 3.29. The van der Waals surface area contributed by atoms with Crippen molar-refractivity contribution in [2.75, 3.05) is 16.8 Å². The highest BCUT2D eigenvalue weighted by Gasteiger charge is 2.16. The second-order valence-electron chi connectivity index (χ2n) is 5.13. The predicted molar refractivity (Wildman–Crippen MR) is 78.0 cm³/mol. The van der Waals surface area contributed by atoms with Crippen LogP contribution in [0.1, 0.15) is 32.3 Å². The molecule has 0 atom stereocenters. The van der Waals surface area contributed by atoms with Crippen LogP contribution < -0.4 is 11.1 Å². The Labute approximate surface area is 113 Å². The molecule has 1 aliphatic rings. The first-order valence-corrected chi connectivity index (χ1v) is 7.40. The molecule has 0 radical (unpaired) electrons. The standard InChI is InChI=1S/C14H20N2OS/c1-9(2)5-6-18-13-7-10-3-4-14(17)16-12(10)8-11(13)15/h7-9H,3-6,15H2,1-2H3,(H,16,17). The van der Waals surface area contributed by atoms with Gasteiger partial charge in [0.05, 0.1) is 0 Å². The molecule has 0 spiro atoms. The number of aryl methyl sites for hydroxylation is 1. The normalized spacial score (nSPS) is 14.5. The summed E-state index contributed by atoms with van der Waals surface area (Å²) in [4.78, 5) is 12.5. The molecule has 1 amide bonds. The first kappa shape index (κ1) is 13.3. The minimum Gasteiger partial charge on any atom is -0.398 e. The Morgan fingerprint density at radius 1 is 1.39 bits per heavy atom. The van der Waals surface area contributed by atoms with Crippen molar-refractivity contribution in [2.24, 2.45) is 5.92 Å². The quantitative estimate of drug-likeness (QED) is 0.648. The zero-order valence-corrected chi connectivity index (χ0v) is 11.8. The van der Waals surface area contributed by atoms with Crippen LogP contribution in [0.4, 0.5) is 11.4 Å². The van der Waals surface area contributed by atoms with Crippen LogP contribution >= 0.6 is 11.8 Å². The third-order valence-corrected chi connectivity index (χ3v) is 4.19. The number of carbonyl (C=O) groups excluding carboxylic acids is 1. The van der Waals surface area contributed by atoms with Crippen LogP contribution in [-0.4, -0.2) is 11.7 Å². The summed E-state index contributed by atoms with van der Waals surface area (Å²) in [7, 11) is 0. The molecule has 1 aromatic rings. The highest BCUT2D eigenvalue weighted by atomic mass is 32.2. The van der Waals surface area contributed by atoms with Crippen molar-refractivity contribution in [1.82, 2.24) is 0 Å². The van der Waals surface area contributed by atoms with Gasteiger partial charge < -0.3 is 11.1 Å². The lowest BCUT2D eigenvalue weighted by atomic mass is 10.0. The molecule has 3 nitrogen and oxygen atoms in total. The molecule has 0 unspecified atom stereocenters. The third-order valence-electron chi connectivity index (χ3n) is 3.08. The number of carbonyl (C=O) groups is 1. The molecule has 3 N–H and O–H groups in total. The molecule has 0 aromatic heterocycles. The summed E-state index contributed by atoms with van der Waals surface area (Å²) in [6.45, 7) is 4.46. The summed E-state index contributed by atoms with van der Waals surface area (Å²) in [5, 5.41) is 2.87. The van der Waals surface area contributed by atoms with Gasteiger partial charge in [0.15, 0.2) is 0 Å². The number of amides is 1. The highest BCUT2D eigenvalue weighted by molar-refractivity contribution is 7.99. The molecule has 2 rings (SSSR count). The zero-order valence-electron chi connectivity index (χ0n) is 11.0. The molecular weight excluding hydrogens is 244 g/mol. The number of rotatable bonds is 4. The molecule has 4 heteroatoms. The Hall–Kier alpha value is -1.16. The lowest BCUT2D eigenvalue weighted by molar-refractivity contribution is -0.116. The van der Waals surface area contributed by atoms with Gasteiger partial charge >= 0.3 is 0 Å². The van der Waals surface area contributed by atoms with Gasteiger partial charge in [-0.05, 0) is 42.2 Å². The number of anilines is 2. The lowest BCUT2D eigenvalue weighted by Gasteiger charge is -2.19. The molecule has 98 valence electrons. The van der Waals surface area contributed by atoms with Crippen molar-refractivity contribution < 1.29 is 4.79 Å². The van der Waals surface area contributed by atoms with Gasteiger partial charge in [-0.1, -0.05) is 13.8 Å². The Morgan fingerprint density at radius 2 is 2.17 bits per heavy atom. The number of nitrogens with one attached hydrogen (secondary N) is 1. The van der Waals surface area contributed by atoms with Crippen LogP contribution in [-0.2, 0) is 11.2 Å². The molecule has 0 bridgehead atoms. The number of nitrogens with two attached hydrogens (primary N) is 1. The molecule has 0 saturated heterocycles. The number of thioether (sulfide) groups is 1. The van der Waals surface area contributed by atoms with Crippen molar-refractivity contribution in [2.45, 2.75) is 38.0 Å². The summed E-state index contributed by atoms with van der Waals surface area (Å²) in [6.07, 6.45) is 2.59. The van der Waals surface area contributed by atoms with E-state index >= 15 is 0 Å². The van der Waals surface area contributed by atoms with Crippen LogP contribution in [0.3, 0.4) is 0 Å². The van der Waals surface area contributed by atoms with Crippen LogP contribution in [0.5, 0.6) is 0 Å². The van der Waals surface area contributed by atoms with Gasteiger partial charge in [0.25, 0.3) is 0 Å². The number of fused-ring (bicyclic) bond motifs is 1. The average molecular weight is 264 g/mol. The zero-order chi connectivity index (χ0) is 13.1. The van der Waals surface area contributed by atoms with E-state index in [1.165, 1.54) is 12.0 Å². The fourth-order valence-electron chi connectivity index (χ4n) is 1.95. The largest absolute Gasteiger partial charge is 0.398 e. The summed E-state index contributed by atoms with van der Waals surface area (Å²) in [5.41, 5.74) is 8.89. The number of nitrogen functional groups attached to an aromatic ring is 1. The smallest absolute Gasteiger partial charge is 0.224 e. The molecular formula is C14H20N2OS. The summed E-state index contributed by atoms with van der Waals surface area (Å²) in [6, 6.07) is 4.03. The van der Waals surface area contributed by atoms with E-state index in [9.17, 15) is 4.79 Å². The second kappa shape index (κ2) is 5.65. The van der Waals surface area contributed by atoms with E-state index in [2.05, 4.69) is 25.2 Å². The van der Waals surface area contributed by atoms with Crippen LogP contribution in [0.15, 0.2) is 17.0 Å². The van der Waals surface area contributed by atoms with Crippen molar-refractivity contribution in [1.29, 1.82) is 0 Å². The minimum atomic E-state index is 0.0853. The lowest BCUT2D eigenvalue weighted by Crippen LogP contribution is -2.19. The van der Waals surface area contributed by atoms with E-state index in [-0.39, 0.29) is 5.91 Å². The van der Waals surface area contributed by atoms with Crippen LogP contribution in [0.25, 0.3) is 0 Å². The monoisotopic (exact) mass is 264 g/mol.